The van der Waals surface area contributed by atoms with Gasteiger partial charge in [0.15, 0.2) is 0 Å². The average molecular weight is 290 g/mol. The number of hydrogen-bond acceptors (Lipinski definition) is 1. The predicted molar refractivity (Wildman–Crippen MR) is 84.8 cm³/mol. The van der Waals surface area contributed by atoms with Crippen LogP contribution in [-0.4, -0.2) is 29.3 Å². The van der Waals surface area contributed by atoms with Crippen LogP contribution in [0.1, 0.15) is 78.6 Å². The number of amides is 1. The molecule has 3 heteroatoms. The molecule has 0 aromatic rings. The average Bonchev–Trinajstić information content (AvgIpc) is 2.37. The number of rotatable bonds is 12. The van der Waals surface area contributed by atoms with Crippen LogP contribution in [0.5, 0.6) is 0 Å². The first kappa shape index (κ1) is 18.8. The van der Waals surface area contributed by atoms with E-state index in [4.69, 9.17) is 11.6 Å². The molecule has 0 aromatic carbocycles. The maximum atomic E-state index is 12.1. The monoisotopic (exact) mass is 289 g/mol. The van der Waals surface area contributed by atoms with Gasteiger partial charge in [-0.2, -0.15) is 0 Å². The van der Waals surface area contributed by atoms with Crippen molar-refractivity contribution in [2.75, 3.05) is 12.4 Å². The Balaban J connectivity index is 3.69. The summed E-state index contributed by atoms with van der Waals surface area (Å²) in [5.74, 6) is 0.933. The van der Waals surface area contributed by atoms with Crippen molar-refractivity contribution in [1.82, 2.24) is 4.90 Å². The number of nitrogens with zero attached hydrogens (tertiary/aromatic N) is 1. The summed E-state index contributed by atoms with van der Waals surface area (Å²) in [6, 6.07) is 0.292. The highest BCUT2D eigenvalue weighted by Gasteiger charge is 2.15. The molecular weight excluding hydrogens is 258 g/mol. The molecule has 2 nitrogen and oxygen atoms in total. The number of halogens is 1. The molecule has 0 saturated carbocycles. The fourth-order valence-electron chi connectivity index (χ4n) is 2.28. The Kier molecular flexibility index (Phi) is 12.6. The van der Waals surface area contributed by atoms with Crippen molar-refractivity contribution in [1.29, 1.82) is 0 Å². The summed E-state index contributed by atoms with van der Waals surface area (Å²) in [4.78, 5) is 14.1. The molecule has 0 fully saturated rings. The molecule has 19 heavy (non-hydrogen) atoms. The van der Waals surface area contributed by atoms with E-state index in [0.29, 0.717) is 24.2 Å². The lowest BCUT2D eigenvalue weighted by molar-refractivity contribution is -0.133. The zero-order chi connectivity index (χ0) is 14.5. The van der Waals surface area contributed by atoms with Gasteiger partial charge in [-0.15, -0.1) is 11.6 Å². The Morgan fingerprint density at radius 1 is 1.00 bits per heavy atom. The Morgan fingerprint density at radius 2 is 1.58 bits per heavy atom. The molecule has 0 radical (unpaired) electrons. The van der Waals surface area contributed by atoms with Crippen molar-refractivity contribution >= 4 is 17.5 Å². The molecule has 0 spiro atoms. The number of alkyl halides is 1. The van der Waals surface area contributed by atoms with Gasteiger partial charge in [0, 0.05) is 24.9 Å². The zero-order valence-electron chi connectivity index (χ0n) is 13.1. The van der Waals surface area contributed by atoms with Crippen molar-refractivity contribution < 1.29 is 4.79 Å². The van der Waals surface area contributed by atoms with Gasteiger partial charge in [0.1, 0.15) is 0 Å². The maximum Gasteiger partial charge on any atom is 0.222 e. The van der Waals surface area contributed by atoms with E-state index in [1.54, 1.807) is 0 Å². The Morgan fingerprint density at radius 3 is 2.11 bits per heavy atom. The van der Waals surface area contributed by atoms with E-state index < -0.39 is 0 Å². The highest BCUT2D eigenvalue weighted by Crippen LogP contribution is 2.11. The normalized spacial score (nSPS) is 11.0. The summed E-state index contributed by atoms with van der Waals surface area (Å²) in [6.07, 6.45) is 10.4. The largest absolute Gasteiger partial charge is 0.340 e. The number of hydrogen-bond donors (Lipinski definition) is 0. The lowest BCUT2D eigenvalue weighted by atomic mass is 10.1. The Bertz CT molecular complexity index is 219. The smallest absolute Gasteiger partial charge is 0.222 e. The predicted octanol–water partition coefficient (Wildman–Crippen LogP) is 4.99. The van der Waals surface area contributed by atoms with Crippen LogP contribution in [0.2, 0.25) is 0 Å². The van der Waals surface area contributed by atoms with Gasteiger partial charge < -0.3 is 4.90 Å². The molecule has 0 aliphatic heterocycles. The van der Waals surface area contributed by atoms with Gasteiger partial charge in [0.2, 0.25) is 5.91 Å². The van der Waals surface area contributed by atoms with E-state index in [0.717, 1.165) is 19.4 Å². The topological polar surface area (TPSA) is 20.3 Å². The quantitative estimate of drug-likeness (QED) is 0.366. The van der Waals surface area contributed by atoms with Crippen LogP contribution in [0.15, 0.2) is 0 Å². The van der Waals surface area contributed by atoms with E-state index in [1.807, 2.05) is 4.90 Å². The van der Waals surface area contributed by atoms with E-state index in [-0.39, 0.29) is 0 Å². The second-order valence-corrected chi connectivity index (χ2v) is 5.97. The molecular formula is C16H32ClNO. The van der Waals surface area contributed by atoms with Gasteiger partial charge >= 0.3 is 0 Å². The third-order valence-corrected chi connectivity index (χ3v) is 3.74. The summed E-state index contributed by atoms with van der Waals surface area (Å²) in [6.45, 7) is 7.20. The van der Waals surface area contributed by atoms with Gasteiger partial charge in [-0.25, -0.2) is 0 Å². The summed E-state index contributed by atoms with van der Waals surface area (Å²) in [5, 5.41) is 0. The lowest BCUT2D eigenvalue weighted by Crippen LogP contribution is -2.37. The van der Waals surface area contributed by atoms with Gasteiger partial charge in [0.05, 0.1) is 0 Å². The molecule has 0 heterocycles. The van der Waals surface area contributed by atoms with E-state index >= 15 is 0 Å². The summed E-state index contributed by atoms with van der Waals surface area (Å²) >= 11 is 5.70. The number of carbonyl (C=O) groups excluding carboxylic acids is 1. The van der Waals surface area contributed by atoms with Crippen molar-refractivity contribution in [2.45, 2.75) is 84.6 Å². The molecule has 114 valence electrons. The van der Waals surface area contributed by atoms with Crippen LogP contribution in [0.4, 0.5) is 0 Å². The second kappa shape index (κ2) is 12.8. The summed E-state index contributed by atoms with van der Waals surface area (Å²) in [5.41, 5.74) is 0. The second-order valence-electron chi connectivity index (χ2n) is 5.59. The van der Waals surface area contributed by atoms with Crippen molar-refractivity contribution in [3.05, 3.63) is 0 Å². The van der Waals surface area contributed by atoms with E-state index in [2.05, 4.69) is 20.8 Å². The minimum Gasteiger partial charge on any atom is -0.340 e. The molecule has 0 rings (SSSR count). The third kappa shape index (κ3) is 10.2. The third-order valence-electron chi connectivity index (χ3n) is 3.47. The first-order valence-electron chi connectivity index (χ1n) is 7.98. The van der Waals surface area contributed by atoms with Crippen molar-refractivity contribution in [2.24, 2.45) is 0 Å². The van der Waals surface area contributed by atoms with Gasteiger partial charge in [-0.05, 0) is 26.7 Å². The molecule has 0 aliphatic carbocycles. The van der Waals surface area contributed by atoms with Gasteiger partial charge in [-0.1, -0.05) is 45.4 Å². The fourth-order valence-corrected chi connectivity index (χ4v) is 2.40. The van der Waals surface area contributed by atoms with E-state index in [9.17, 15) is 4.79 Å². The van der Waals surface area contributed by atoms with Crippen molar-refractivity contribution in [3.8, 4) is 0 Å². The molecule has 0 aromatic heterocycles. The van der Waals surface area contributed by atoms with Gasteiger partial charge in [-0.3, -0.25) is 4.79 Å². The zero-order valence-corrected chi connectivity index (χ0v) is 13.8. The summed E-state index contributed by atoms with van der Waals surface area (Å²) in [7, 11) is 0. The van der Waals surface area contributed by atoms with Crippen LogP contribution in [0.25, 0.3) is 0 Å². The van der Waals surface area contributed by atoms with Crippen LogP contribution in [0, 0.1) is 0 Å². The fraction of sp³-hybridized carbons (Fsp3) is 0.938. The SMILES string of the molecule is CCCCCCCCCC(=O)N(CCCCl)C(C)C. The minimum atomic E-state index is 0.292. The standard InChI is InChI=1S/C16H32ClNO/c1-4-5-6-7-8-9-10-12-16(19)18(15(2)3)14-11-13-17/h15H,4-14H2,1-3H3. The Labute approximate surface area is 124 Å². The molecule has 0 atom stereocenters. The minimum absolute atomic E-state index is 0.292. The van der Waals surface area contributed by atoms with Crippen LogP contribution < -0.4 is 0 Å². The molecule has 0 saturated heterocycles. The molecule has 0 unspecified atom stereocenters. The number of carbonyl (C=O) groups is 1. The van der Waals surface area contributed by atoms with Gasteiger partial charge in [0.25, 0.3) is 0 Å². The van der Waals surface area contributed by atoms with E-state index in [1.165, 1.54) is 38.5 Å². The van der Waals surface area contributed by atoms with Crippen LogP contribution in [0.3, 0.4) is 0 Å². The molecule has 1 amide bonds. The first-order valence-corrected chi connectivity index (χ1v) is 8.52. The molecule has 0 bridgehead atoms. The summed E-state index contributed by atoms with van der Waals surface area (Å²) < 4.78 is 0. The highest BCUT2D eigenvalue weighted by atomic mass is 35.5. The Hall–Kier alpha value is -0.240. The first-order chi connectivity index (χ1) is 9.13. The molecule has 0 aliphatic rings. The highest BCUT2D eigenvalue weighted by molar-refractivity contribution is 6.17. The van der Waals surface area contributed by atoms with Crippen LogP contribution >= 0.6 is 11.6 Å². The number of unbranched alkanes of at least 4 members (excludes halogenated alkanes) is 6. The van der Waals surface area contributed by atoms with Crippen LogP contribution in [-0.2, 0) is 4.79 Å². The van der Waals surface area contributed by atoms with Crippen molar-refractivity contribution in [3.63, 3.8) is 0 Å². The lowest BCUT2D eigenvalue weighted by Gasteiger charge is -2.26. The maximum absolute atomic E-state index is 12.1. The molecule has 0 N–H and O–H groups in total.